The van der Waals surface area contributed by atoms with Gasteiger partial charge in [-0.2, -0.15) is 5.10 Å². The Morgan fingerprint density at radius 3 is 2.76 bits per heavy atom. The van der Waals surface area contributed by atoms with Crippen molar-refractivity contribution in [1.82, 2.24) is 35.5 Å². The van der Waals surface area contributed by atoms with Crippen LogP contribution < -0.4 is 10.6 Å². The third-order valence-electron chi connectivity index (χ3n) is 8.00. The molecule has 3 fully saturated rings. The smallest absolute Gasteiger partial charge is 0.276 e. The molecule has 3 atom stereocenters. The monoisotopic (exact) mass is 513 g/mol. The highest BCUT2D eigenvalue weighted by atomic mass is 19.3. The molecule has 3 aromatic heterocycles. The van der Waals surface area contributed by atoms with Gasteiger partial charge in [0.05, 0.1) is 24.1 Å². The van der Waals surface area contributed by atoms with E-state index in [0.717, 1.165) is 18.4 Å². The van der Waals surface area contributed by atoms with E-state index in [1.54, 1.807) is 16.9 Å². The van der Waals surface area contributed by atoms with Crippen molar-refractivity contribution in [3.8, 4) is 0 Å². The lowest BCUT2D eigenvalue weighted by Crippen LogP contribution is -2.37. The van der Waals surface area contributed by atoms with E-state index in [-0.39, 0.29) is 61.0 Å². The van der Waals surface area contributed by atoms with Crippen molar-refractivity contribution in [2.45, 2.75) is 69.8 Å². The summed E-state index contributed by atoms with van der Waals surface area (Å²) in [7, 11) is 0. The number of hydrogen-bond acceptors (Lipinski definition) is 7. The third kappa shape index (κ3) is 4.80. The molecule has 37 heavy (non-hydrogen) atoms. The van der Waals surface area contributed by atoms with E-state index < -0.39 is 17.9 Å². The molecule has 2 aliphatic carbocycles. The number of carbonyl (C=O) groups excluding carboxylic acids is 2. The summed E-state index contributed by atoms with van der Waals surface area (Å²) >= 11 is 0. The minimum Gasteiger partial charge on any atom is -0.356 e. The molecule has 0 unspecified atom stereocenters. The maximum absolute atomic E-state index is 13.9. The molecule has 2 amide bonds. The fourth-order valence-corrected chi connectivity index (χ4v) is 5.55. The summed E-state index contributed by atoms with van der Waals surface area (Å²) in [6.45, 7) is 2.71. The summed E-state index contributed by atoms with van der Waals surface area (Å²) in [6.07, 6.45) is 5.89. The number of amides is 2. The first-order chi connectivity index (χ1) is 17.8. The highest BCUT2D eigenvalue weighted by Gasteiger charge is 2.40. The molecule has 0 spiro atoms. The molecule has 2 saturated carbocycles. The lowest BCUT2D eigenvalue weighted by molar-refractivity contribution is -0.122. The first kappa shape index (κ1) is 23.9. The van der Waals surface area contributed by atoms with Crippen molar-refractivity contribution in [2.75, 3.05) is 6.54 Å². The van der Waals surface area contributed by atoms with Crippen LogP contribution >= 0.6 is 0 Å². The third-order valence-corrected chi connectivity index (χ3v) is 8.00. The van der Waals surface area contributed by atoms with Gasteiger partial charge in [0.1, 0.15) is 5.69 Å². The van der Waals surface area contributed by atoms with E-state index in [1.165, 1.54) is 0 Å². The Balaban J connectivity index is 1.28. The molecular formula is C25H29F2N7O3. The van der Waals surface area contributed by atoms with Gasteiger partial charge in [-0.1, -0.05) is 12.1 Å². The highest BCUT2D eigenvalue weighted by Crippen LogP contribution is 2.42. The van der Waals surface area contributed by atoms with Gasteiger partial charge in [-0.15, -0.1) is 0 Å². The number of nitrogens with zero attached hydrogens (tertiary/aromatic N) is 5. The number of aromatic nitrogens is 5. The second-order valence-electron chi connectivity index (χ2n) is 10.8. The lowest BCUT2D eigenvalue weighted by atomic mass is 9.81. The van der Waals surface area contributed by atoms with Crippen LogP contribution in [0.15, 0.2) is 23.1 Å². The zero-order valence-corrected chi connectivity index (χ0v) is 20.5. The number of fused-ring (bicyclic) bond motifs is 1. The fraction of sp³-hybridized carbons (Fsp3) is 0.600. The van der Waals surface area contributed by atoms with Crippen molar-refractivity contribution in [3.63, 3.8) is 0 Å². The summed E-state index contributed by atoms with van der Waals surface area (Å²) < 4.78 is 34.3. The summed E-state index contributed by atoms with van der Waals surface area (Å²) in [6, 6.07) is 1.29. The quantitative estimate of drug-likeness (QED) is 0.497. The van der Waals surface area contributed by atoms with E-state index in [0.29, 0.717) is 30.0 Å². The van der Waals surface area contributed by atoms with Gasteiger partial charge >= 0.3 is 0 Å². The van der Waals surface area contributed by atoms with E-state index >= 15 is 0 Å². The summed E-state index contributed by atoms with van der Waals surface area (Å²) in [4.78, 5) is 30.1. The SMILES string of the molecule is C[C@H]1CNC(=O)[C@H]1Cc1cnn2cc([C@@H](NC(=O)c3nonc3C3CC3)C3CCC(F)(F)CC3)nc2c1. The maximum Gasteiger partial charge on any atom is 0.276 e. The van der Waals surface area contributed by atoms with Crippen molar-refractivity contribution < 1.29 is 23.0 Å². The standard InChI is InChI=1S/C25H29F2N7O3/c1-13-10-28-23(35)17(13)8-14-9-19-30-18(12-34(19)29-11-14)20(16-4-6-25(26,27)7-5-16)31-24(36)22-21(15-2-3-15)32-37-33-22/h9,11-13,15-17,20H,2-8,10H2,1H3,(H,28,35)(H,31,36)/t13-,17-,20-/m0/s1. The molecular weight excluding hydrogens is 484 g/mol. The number of imidazole rings is 1. The van der Waals surface area contributed by atoms with Crippen LogP contribution in [0.25, 0.3) is 5.65 Å². The van der Waals surface area contributed by atoms with Crippen molar-refractivity contribution in [3.05, 3.63) is 41.1 Å². The van der Waals surface area contributed by atoms with Crippen LogP contribution in [0.3, 0.4) is 0 Å². The normalized spacial score (nSPS) is 24.8. The first-order valence-corrected chi connectivity index (χ1v) is 12.9. The molecule has 12 heteroatoms. The number of rotatable bonds is 7. The topological polar surface area (TPSA) is 127 Å². The van der Waals surface area contributed by atoms with Crippen LogP contribution in [0, 0.1) is 17.8 Å². The van der Waals surface area contributed by atoms with Crippen LogP contribution in [0.1, 0.15) is 84.8 Å². The zero-order chi connectivity index (χ0) is 25.7. The lowest BCUT2D eigenvalue weighted by Gasteiger charge is -2.33. The molecule has 0 bridgehead atoms. The molecule has 0 aromatic carbocycles. The number of alkyl halides is 2. The summed E-state index contributed by atoms with van der Waals surface area (Å²) in [5.74, 6) is -3.04. The van der Waals surface area contributed by atoms with Crippen LogP contribution in [-0.4, -0.2) is 49.2 Å². The molecule has 196 valence electrons. The van der Waals surface area contributed by atoms with E-state index in [1.807, 2.05) is 13.0 Å². The predicted molar refractivity (Wildman–Crippen MR) is 126 cm³/mol. The average molecular weight is 514 g/mol. The summed E-state index contributed by atoms with van der Waals surface area (Å²) in [5.41, 5.74) is 2.68. The number of halogens is 2. The zero-order valence-electron chi connectivity index (χ0n) is 20.5. The van der Waals surface area contributed by atoms with Gasteiger partial charge in [0.25, 0.3) is 5.91 Å². The van der Waals surface area contributed by atoms with Crippen LogP contribution in [0.5, 0.6) is 0 Å². The second kappa shape index (κ2) is 9.14. The maximum atomic E-state index is 13.9. The first-order valence-electron chi connectivity index (χ1n) is 12.9. The molecule has 2 N–H and O–H groups in total. The Bertz CT molecular complexity index is 1320. The largest absolute Gasteiger partial charge is 0.356 e. The van der Waals surface area contributed by atoms with Crippen molar-refractivity contribution >= 4 is 17.5 Å². The van der Waals surface area contributed by atoms with Crippen LogP contribution in [0.2, 0.25) is 0 Å². The van der Waals surface area contributed by atoms with Gasteiger partial charge < -0.3 is 10.6 Å². The molecule has 10 nitrogen and oxygen atoms in total. The predicted octanol–water partition coefficient (Wildman–Crippen LogP) is 3.21. The van der Waals surface area contributed by atoms with Gasteiger partial charge in [0, 0.05) is 31.2 Å². The van der Waals surface area contributed by atoms with E-state index in [9.17, 15) is 18.4 Å². The molecule has 1 aliphatic heterocycles. The van der Waals surface area contributed by atoms with Gasteiger partial charge in [-0.25, -0.2) is 22.9 Å². The Morgan fingerprint density at radius 1 is 1.27 bits per heavy atom. The summed E-state index contributed by atoms with van der Waals surface area (Å²) in [5, 5.41) is 18.1. The molecule has 0 radical (unpaired) electrons. The number of hydrogen-bond donors (Lipinski definition) is 2. The van der Waals surface area contributed by atoms with Crippen molar-refractivity contribution in [1.29, 1.82) is 0 Å². The Kier molecular flexibility index (Phi) is 5.91. The molecule has 4 heterocycles. The van der Waals surface area contributed by atoms with Crippen LogP contribution in [0.4, 0.5) is 8.78 Å². The number of carbonyl (C=O) groups is 2. The van der Waals surface area contributed by atoms with E-state index in [4.69, 9.17) is 9.61 Å². The Morgan fingerprint density at radius 2 is 2.05 bits per heavy atom. The Labute approximate surface area is 211 Å². The van der Waals surface area contributed by atoms with Crippen LogP contribution in [-0.2, 0) is 11.2 Å². The fourth-order valence-electron chi connectivity index (χ4n) is 5.55. The molecule has 3 aromatic rings. The minimum atomic E-state index is -2.70. The molecule has 3 aliphatic rings. The van der Waals surface area contributed by atoms with Gasteiger partial charge in [-0.05, 0) is 60.7 Å². The minimum absolute atomic E-state index is 0.0428. The van der Waals surface area contributed by atoms with E-state index in [2.05, 4.69) is 26.0 Å². The second-order valence-corrected chi connectivity index (χ2v) is 10.8. The highest BCUT2D eigenvalue weighted by molar-refractivity contribution is 5.93. The average Bonchev–Trinajstić information content (AvgIpc) is 3.29. The molecule has 1 saturated heterocycles. The Hall–Kier alpha value is -3.44. The van der Waals surface area contributed by atoms with Gasteiger partial charge in [0.2, 0.25) is 11.8 Å². The molecule has 6 rings (SSSR count). The van der Waals surface area contributed by atoms with Gasteiger partial charge in [-0.3, -0.25) is 9.59 Å². The van der Waals surface area contributed by atoms with Gasteiger partial charge in [0.15, 0.2) is 11.3 Å². The van der Waals surface area contributed by atoms with Crippen molar-refractivity contribution in [2.24, 2.45) is 17.8 Å². The number of nitrogens with one attached hydrogen (secondary N) is 2.